The number of aryl methyl sites for hydroxylation is 2. The van der Waals surface area contributed by atoms with Gasteiger partial charge in [-0.3, -0.25) is 4.40 Å². The molecule has 0 radical (unpaired) electrons. The van der Waals surface area contributed by atoms with E-state index < -0.39 is 28.6 Å². The lowest BCUT2D eigenvalue weighted by Crippen LogP contribution is -2.41. The van der Waals surface area contributed by atoms with Gasteiger partial charge in [-0.2, -0.15) is 13.2 Å². The fraction of sp³-hybridized carbons (Fsp3) is 0.346. The van der Waals surface area contributed by atoms with E-state index in [1.54, 1.807) is 31.3 Å². The van der Waals surface area contributed by atoms with Gasteiger partial charge in [0, 0.05) is 18.9 Å². The van der Waals surface area contributed by atoms with Crippen molar-refractivity contribution in [2.75, 3.05) is 6.54 Å². The number of fused-ring (bicyclic) bond motifs is 2. The summed E-state index contributed by atoms with van der Waals surface area (Å²) in [6.07, 6.45) is -1.08. The molecule has 11 heteroatoms. The zero-order valence-electron chi connectivity index (χ0n) is 20.8. The molecule has 7 nitrogen and oxygen atoms in total. The van der Waals surface area contributed by atoms with Crippen molar-refractivity contribution in [3.63, 3.8) is 0 Å². The van der Waals surface area contributed by atoms with Crippen LogP contribution in [0.15, 0.2) is 53.7 Å². The Balaban J connectivity index is 1.44. The molecule has 0 spiro atoms. The first kappa shape index (κ1) is 25.3. The van der Waals surface area contributed by atoms with Gasteiger partial charge < -0.3 is 4.74 Å². The summed E-state index contributed by atoms with van der Waals surface area (Å²) in [6, 6.07) is 11.3. The smallest absolute Gasteiger partial charge is 0.452 e. The highest BCUT2D eigenvalue weighted by Crippen LogP contribution is 2.32. The number of aromatic nitrogens is 4. The van der Waals surface area contributed by atoms with E-state index in [0.29, 0.717) is 35.8 Å². The molecule has 1 atom stereocenters. The van der Waals surface area contributed by atoms with Gasteiger partial charge >= 0.3 is 6.18 Å². The molecule has 1 aromatic carbocycles. The lowest BCUT2D eigenvalue weighted by molar-refractivity contribution is -0.145. The first-order chi connectivity index (χ1) is 17.4. The third-order valence-corrected chi connectivity index (χ3v) is 7.85. The van der Waals surface area contributed by atoms with Crippen molar-refractivity contribution < 1.29 is 22.1 Å². The summed E-state index contributed by atoms with van der Waals surface area (Å²) in [4.78, 5) is 4.81. The molecule has 0 aliphatic carbocycles. The topological polar surface area (TPSA) is 72.6 Å². The standard InChI is InChI=1S/C26H26F3N5O2S/c1-16-7-8-18(12-19-9-11-34-22(17(19)2)31-32-24(34)26(27,28)29)13-20(16)14-33-15-25(3,4)36-23-21(37(33)35)6-5-10-30-23/h5-11,13H,12,14-15H2,1-4H3. The summed E-state index contributed by atoms with van der Waals surface area (Å²) in [6.45, 7) is 8.51. The van der Waals surface area contributed by atoms with E-state index in [2.05, 4.69) is 21.2 Å². The van der Waals surface area contributed by atoms with Gasteiger partial charge in [-0.1, -0.05) is 18.2 Å². The molecule has 1 aliphatic rings. The average molecular weight is 530 g/mol. The van der Waals surface area contributed by atoms with Crippen LogP contribution in [-0.4, -0.2) is 40.2 Å². The summed E-state index contributed by atoms with van der Waals surface area (Å²) in [5, 5.41) is 7.13. The summed E-state index contributed by atoms with van der Waals surface area (Å²) in [7, 11) is -1.46. The van der Waals surface area contributed by atoms with Crippen molar-refractivity contribution in [1.29, 1.82) is 0 Å². The second-order valence-electron chi connectivity index (χ2n) is 9.83. The van der Waals surface area contributed by atoms with Gasteiger partial charge in [0.2, 0.25) is 11.7 Å². The van der Waals surface area contributed by atoms with Gasteiger partial charge in [0.05, 0.1) is 6.54 Å². The minimum Gasteiger partial charge on any atom is -0.469 e. The second-order valence-corrected chi connectivity index (χ2v) is 11.3. The Kier molecular flexibility index (Phi) is 6.31. The second kappa shape index (κ2) is 9.21. The molecule has 0 saturated heterocycles. The first-order valence-electron chi connectivity index (χ1n) is 11.7. The van der Waals surface area contributed by atoms with Crippen molar-refractivity contribution in [1.82, 2.24) is 23.9 Å². The average Bonchev–Trinajstić information content (AvgIpc) is 3.24. The normalized spacial score (nSPS) is 17.9. The Bertz CT molecular complexity index is 1520. The maximum atomic E-state index is 13.5. The van der Waals surface area contributed by atoms with Crippen LogP contribution < -0.4 is 4.74 Å². The van der Waals surface area contributed by atoms with E-state index in [0.717, 1.165) is 26.7 Å². The van der Waals surface area contributed by atoms with Crippen LogP contribution in [0, 0.1) is 13.8 Å². The number of pyridine rings is 2. The molecule has 5 rings (SSSR count). The van der Waals surface area contributed by atoms with Gasteiger partial charge in [0.1, 0.15) is 21.5 Å². The number of hydrogen-bond donors (Lipinski definition) is 0. The molecule has 3 aromatic heterocycles. The number of benzene rings is 1. The maximum Gasteiger partial charge on any atom is 0.452 e. The Labute approximate surface area is 214 Å². The van der Waals surface area contributed by atoms with Gasteiger partial charge in [-0.25, -0.2) is 13.5 Å². The van der Waals surface area contributed by atoms with E-state index in [9.17, 15) is 17.4 Å². The maximum absolute atomic E-state index is 13.5. The largest absolute Gasteiger partial charge is 0.469 e. The van der Waals surface area contributed by atoms with Gasteiger partial charge in [-0.15, -0.1) is 10.2 Å². The predicted molar refractivity (Wildman–Crippen MR) is 132 cm³/mol. The quantitative estimate of drug-likeness (QED) is 0.370. The van der Waals surface area contributed by atoms with Crippen molar-refractivity contribution >= 4 is 16.6 Å². The van der Waals surface area contributed by atoms with E-state index in [-0.39, 0.29) is 5.65 Å². The van der Waals surface area contributed by atoms with Gasteiger partial charge in [-0.05, 0) is 80.1 Å². The molecule has 1 unspecified atom stereocenters. The van der Waals surface area contributed by atoms with E-state index in [1.165, 1.54) is 6.20 Å². The molecule has 0 fully saturated rings. The van der Waals surface area contributed by atoms with Crippen LogP contribution in [0.25, 0.3) is 5.65 Å². The number of nitrogens with zero attached hydrogens (tertiary/aromatic N) is 5. The third kappa shape index (κ3) is 4.97. The monoisotopic (exact) mass is 529 g/mol. The van der Waals surface area contributed by atoms with Crippen LogP contribution in [0.5, 0.6) is 5.88 Å². The summed E-state index contributed by atoms with van der Waals surface area (Å²) < 4.78 is 62.1. The number of ether oxygens (including phenoxy) is 1. The Morgan fingerprint density at radius 3 is 2.65 bits per heavy atom. The van der Waals surface area contributed by atoms with E-state index >= 15 is 0 Å². The fourth-order valence-corrected chi connectivity index (χ4v) is 5.94. The zero-order valence-corrected chi connectivity index (χ0v) is 21.7. The fourth-order valence-electron chi connectivity index (χ4n) is 4.54. The van der Waals surface area contributed by atoms with Crippen molar-refractivity contribution in [3.8, 4) is 5.88 Å². The molecule has 0 bridgehead atoms. The summed E-state index contributed by atoms with van der Waals surface area (Å²) >= 11 is 0. The molecular weight excluding hydrogens is 503 g/mol. The minimum absolute atomic E-state index is 0.187. The van der Waals surface area contributed by atoms with Gasteiger partial charge in [0.25, 0.3) is 0 Å². The zero-order chi connectivity index (χ0) is 26.5. The van der Waals surface area contributed by atoms with Crippen molar-refractivity contribution in [2.45, 2.75) is 57.3 Å². The van der Waals surface area contributed by atoms with Crippen LogP contribution in [-0.2, 0) is 30.1 Å². The first-order valence-corrected chi connectivity index (χ1v) is 12.8. The van der Waals surface area contributed by atoms with Crippen molar-refractivity contribution in [2.24, 2.45) is 0 Å². The summed E-state index contributed by atoms with van der Waals surface area (Å²) in [5.74, 6) is -0.657. The van der Waals surface area contributed by atoms with Crippen LogP contribution in [0.1, 0.15) is 47.5 Å². The molecule has 0 N–H and O–H groups in total. The lowest BCUT2D eigenvalue weighted by atomic mass is 9.98. The van der Waals surface area contributed by atoms with E-state index in [4.69, 9.17) is 4.74 Å². The highest BCUT2D eigenvalue weighted by molar-refractivity contribution is 7.82. The molecule has 4 heterocycles. The number of rotatable bonds is 4. The lowest BCUT2D eigenvalue weighted by Gasteiger charge is -2.28. The molecular formula is C26H26F3N5O2S. The SMILES string of the molecule is Cc1ccc(Cc2ccn3c(C(F)(F)F)nnc3c2C)cc1CN1CC(C)(C)Oc2ncccc2S1=O. The third-order valence-electron chi connectivity index (χ3n) is 6.44. The Hall–Kier alpha value is -3.31. The number of hydrogen-bond acceptors (Lipinski definition) is 5. The van der Waals surface area contributed by atoms with Crippen LogP contribution in [0.2, 0.25) is 0 Å². The van der Waals surface area contributed by atoms with Crippen LogP contribution >= 0.6 is 0 Å². The highest BCUT2D eigenvalue weighted by Gasteiger charge is 2.37. The minimum atomic E-state index is -4.58. The van der Waals surface area contributed by atoms with Crippen LogP contribution in [0.3, 0.4) is 0 Å². The van der Waals surface area contributed by atoms with Crippen molar-refractivity contribution in [3.05, 3.63) is 82.4 Å². The molecule has 4 aromatic rings. The highest BCUT2D eigenvalue weighted by atomic mass is 32.2. The summed E-state index contributed by atoms with van der Waals surface area (Å²) in [5.41, 5.74) is 4.14. The Morgan fingerprint density at radius 2 is 1.89 bits per heavy atom. The number of halogens is 3. The molecule has 0 amide bonds. The molecule has 194 valence electrons. The Morgan fingerprint density at radius 1 is 1.11 bits per heavy atom. The number of alkyl halides is 3. The molecule has 1 aliphatic heterocycles. The molecule has 0 saturated carbocycles. The van der Waals surface area contributed by atoms with Crippen LogP contribution in [0.4, 0.5) is 13.2 Å². The molecule has 37 heavy (non-hydrogen) atoms. The predicted octanol–water partition coefficient (Wildman–Crippen LogP) is 5.05. The van der Waals surface area contributed by atoms with E-state index in [1.807, 2.05) is 37.2 Å². The van der Waals surface area contributed by atoms with Gasteiger partial charge in [0.15, 0.2) is 5.65 Å².